The van der Waals surface area contributed by atoms with E-state index in [-0.39, 0.29) is 11.5 Å². The highest BCUT2D eigenvalue weighted by atomic mass is 79.9. The van der Waals surface area contributed by atoms with E-state index in [2.05, 4.69) is 29.8 Å². The van der Waals surface area contributed by atoms with Gasteiger partial charge in [-0.2, -0.15) is 0 Å². The molecule has 1 nitrogen and oxygen atoms in total. The molecule has 1 aromatic rings. The molecule has 1 aromatic carbocycles. The standard InChI is InChI=1S/C14H18BrClO/c1-3-14(4-2)12(15)9-13(14)17-11-8-6-5-7-10(11)16/h5-8,12-13H,3-4,9H2,1-2H3. The number of benzene rings is 1. The quantitative estimate of drug-likeness (QED) is 0.705. The van der Waals surface area contributed by atoms with E-state index in [1.165, 1.54) is 0 Å². The zero-order valence-electron chi connectivity index (χ0n) is 10.2. The molecule has 94 valence electrons. The molecule has 0 saturated heterocycles. The smallest absolute Gasteiger partial charge is 0.138 e. The summed E-state index contributed by atoms with van der Waals surface area (Å²) < 4.78 is 6.09. The molecule has 0 radical (unpaired) electrons. The van der Waals surface area contributed by atoms with E-state index in [1.54, 1.807) is 0 Å². The van der Waals surface area contributed by atoms with E-state index >= 15 is 0 Å². The summed E-state index contributed by atoms with van der Waals surface area (Å²) in [6.45, 7) is 4.47. The van der Waals surface area contributed by atoms with Gasteiger partial charge >= 0.3 is 0 Å². The van der Waals surface area contributed by atoms with E-state index in [4.69, 9.17) is 16.3 Å². The second-order valence-electron chi connectivity index (χ2n) is 4.68. The predicted octanol–water partition coefficient (Wildman–Crippen LogP) is 5.06. The number of halogens is 2. The molecule has 1 aliphatic rings. The van der Waals surface area contributed by atoms with Crippen molar-refractivity contribution in [2.24, 2.45) is 5.41 Å². The molecule has 1 fully saturated rings. The summed E-state index contributed by atoms with van der Waals surface area (Å²) in [4.78, 5) is 0.567. The Morgan fingerprint density at radius 3 is 2.53 bits per heavy atom. The molecule has 2 atom stereocenters. The molecule has 2 unspecified atom stereocenters. The van der Waals surface area contributed by atoms with Gasteiger partial charge in [0.1, 0.15) is 11.9 Å². The van der Waals surface area contributed by atoms with Gasteiger partial charge in [-0.25, -0.2) is 0 Å². The Labute approximate surface area is 117 Å². The number of alkyl halides is 1. The molecular formula is C14H18BrClO. The van der Waals surface area contributed by atoms with Crippen molar-refractivity contribution >= 4 is 27.5 Å². The fourth-order valence-electron chi connectivity index (χ4n) is 2.71. The first-order chi connectivity index (χ1) is 8.14. The lowest BCUT2D eigenvalue weighted by molar-refractivity contribution is -0.0410. The van der Waals surface area contributed by atoms with Crippen LogP contribution in [0.3, 0.4) is 0 Å². The lowest BCUT2D eigenvalue weighted by Gasteiger charge is -2.52. The van der Waals surface area contributed by atoms with Crippen LogP contribution in [0.5, 0.6) is 5.75 Å². The molecular weight excluding hydrogens is 300 g/mol. The number of hydrogen-bond acceptors (Lipinski definition) is 1. The van der Waals surface area contributed by atoms with Gasteiger partial charge in [0.25, 0.3) is 0 Å². The first-order valence-corrected chi connectivity index (χ1v) is 7.48. The highest BCUT2D eigenvalue weighted by molar-refractivity contribution is 9.09. The van der Waals surface area contributed by atoms with Crippen LogP contribution in [0.15, 0.2) is 24.3 Å². The topological polar surface area (TPSA) is 9.23 Å². The van der Waals surface area contributed by atoms with Crippen molar-refractivity contribution in [3.05, 3.63) is 29.3 Å². The minimum atomic E-state index is 0.263. The van der Waals surface area contributed by atoms with Gasteiger partial charge in [-0.15, -0.1) is 0 Å². The van der Waals surface area contributed by atoms with Gasteiger partial charge in [-0.1, -0.05) is 53.5 Å². The maximum atomic E-state index is 6.13. The molecule has 2 rings (SSSR count). The van der Waals surface area contributed by atoms with E-state index < -0.39 is 0 Å². The zero-order chi connectivity index (χ0) is 12.5. The third kappa shape index (κ3) is 2.22. The van der Waals surface area contributed by atoms with Gasteiger partial charge < -0.3 is 4.74 Å². The Hall–Kier alpha value is -0.210. The minimum Gasteiger partial charge on any atom is -0.488 e. The molecule has 1 aliphatic carbocycles. The van der Waals surface area contributed by atoms with Crippen molar-refractivity contribution in [2.45, 2.75) is 44.0 Å². The molecule has 0 aliphatic heterocycles. The van der Waals surface area contributed by atoms with Crippen LogP contribution in [0.1, 0.15) is 33.1 Å². The first-order valence-electron chi connectivity index (χ1n) is 6.19. The molecule has 0 amide bonds. The predicted molar refractivity (Wildman–Crippen MR) is 76.2 cm³/mol. The molecule has 0 heterocycles. The number of ether oxygens (including phenoxy) is 1. The average Bonchev–Trinajstić information content (AvgIpc) is 2.33. The summed E-state index contributed by atoms with van der Waals surface area (Å²) in [7, 11) is 0. The van der Waals surface area contributed by atoms with Crippen molar-refractivity contribution in [1.29, 1.82) is 0 Å². The lowest BCUT2D eigenvalue weighted by atomic mass is 9.62. The van der Waals surface area contributed by atoms with Gasteiger partial charge in [0.15, 0.2) is 0 Å². The van der Waals surface area contributed by atoms with Gasteiger partial charge in [0.2, 0.25) is 0 Å². The summed E-state index contributed by atoms with van der Waals surface area (Å²) in [5.74, 6) is 0.810. The third-order valence-corrected chi connectivity index (χ3v) is 5.71. The summed E-state index contributed by atoms with van der Waals surface area (Å²) in [6, 6.07) is 7.71. The molecule has 17 heavy (non-hydrogen) atoms. The maximum Gasteiger partial charge on any atom is 0.138 e. The van der Waals surface area contributed by atoms with E-state index in [0.29, 0.717) is 9.85 Å². The minimum absolute atomic E-state index is 0.263. The summed E-state index contributed by atoms with van der Waals surface area (Å²) in [5.41, 5.74) is 0.263. The van der Waals surface area contributed by atoms with Crippen LogP contribution < -0.4 is 4.74 Å². The van der Waals surface area contributed by atoms with Crippen LogP contribution in [0, 0.1) is 5.41 Å². The summed E-state index contributed by atoms with van der Waals surface area (Å²) in [5, 5.41) is 0.701. The van der Waals surface area contributed by atoms with Gasteiger partial charge in [0, 0.05) is 10.2 Å². The molecule has 0 N–H and O–H groups in total. The fourth-order valence-corrected chi connectivity index (χ4v) is 4.17. The van der Waals surface area contributed by atoms with Crippen molar-refractivity contribution in [3.8, 4) is 5.75 Å². The molecule has 0 spiro atoms. The van der Waals surface area contributed by atoms with Crippen LogP contribution in [-0.2, 0) is 0 Å². The lowest BCUT2D eigenvalue weighted by Crippen LogP contribution is -2.56. The molecule has 0 bridgehead atoms. The molecule has 1 saturated carbocycles. The van der Waals surface area contributed by atoms with Crippen molar-refractivity contribution in [3.63, 3.8) is 0 Å². The van der Waals surface area contributed by atoms with Gasteiger partial charge in [-0.3, -0.25) is 0 Å². The SMILES string of the molecule is CCC1(CC)C(Br)CC1Oc1ccccc1Cl. The van der Waals surface area contributed by atoms with Crippen LogP contribution in [0.4, 0.5) is 0 Å². The number of rotatable bonds is 4. The van der Waals surface area contributed by atoms with Crippen LogP contribution in [0.25, 0.3) is 0 Å². The Morgan fingerprint density at radius 1 is 1.35 bits per heavy atom. The molecule has 3 heteroatoms. The van der Waals surface area contributed by atoms with Crippen LogP contribution in [-0.4, -0.2) is 10.9 Å². The molecule has 0 aromatic heterocycles. The van der Waals surface area contributed by atoms with Crippen molar-refractivity contribution < 1.29 is 4.74 Å². The fraction of sp³-hybridized carbons (Fsp3) is 0.571. The highest BCUT2D eigenvalue weighted by Gasteiger charge is 2.53. The highest BCUT2D eigenvalue weighted by Crippen LogP contribution is 2.53. The second-order valence-corrected chi connectivity index (χ2v) is 6.19. The monoisotopic (exact) mass is 316 g/mol. The average molecular weight is 318 g/mol. The normalized spacial score (nSPS) is 26.4. The Morgan fingerprint density at radius 2 is 2.00 bits per heavy atom. The Balaban J connectivity index is 2.13. The zero-order valence-corrected chi connectivity index (χ0v) is 12.6. The summed E-state index contributed by atoms with van der Waals surface area (Å²) >= 11 is 9.89. The van der Waals surface area contributed by atoms with Crippen molar-refractivity contribution in [2.75, 3.05) is 0 Å². The third-order valence-electron chi connectivity index (χ3n) is 4.11. The summed E-state index contributed by atoms with van der Waals surface area (Å²) in [6.07, 6.45) is 3.61. The number of hydrogen-bond donors (Lipinski definition) is 0. The van der Waals surface area contributed by atoms with E-state index in [0.717, 1.165) is 25.0 Å². The second kappa shape index (κ2) is 5.19. The van der Waals surface area contributed by atoms with E-state index in [1.807, 2.05) is 24.3 Å². The van der Waals surface area contributed by atoms with Crippen LogP contribution >= 0.6 is 27.5 Å². The van der Waals surface area contributed by atoms with Gasteiger partial charge in [-0.05, 0) is 31.4 Å². The number of para-hydroxylation sites is 1. The first kappa shape index (κ1) is 13.2. The van der Waals surface area contributed by atoms with Gasteiger partial charge in [0.05, 0.1) is 5.02 Å². The Kier molecular flexibility index (Phi) is 4.04. The van der Waals surface area contributed by atoms with Crippen molar-refractivity contribution in [1.82, 2.24) is 0 Å². The van der Waals surface area contributed by atoms with Crippen LogP contribution in [0.2, 0.25) is 5.02 Å². The maximum absolute atomic E-state index is 6.13. The Bertz CT molecular complexity index is 390. The van der Waals surface area contributed by atoms with E-state index in [9.17, 15) is 0 Å². The largest absolute Gasteiger partial charge is 0.488 e.